The lowest BCUT2D eigenvalue weighted by atomic mass is 9.84. The highest BCUT2D eigenvalue weighted by molar-refractivity contribution is 7.93. The Balaban J connectivity index is 2.17. The third-order valence-corrected chi connectivity index (χ3v) is 5.37. The van der Waals surface area contributed by atoms with Gasteiger partial charge in [-0.3, -0.25) is 0 Å². The van der Waals surface area contributed by atoms with Gasteiger partial charge in [0.15, 0.2) is 9.84 Å². The first-order valence-electron chi connectivity index (χ1n) is 8.85. The molecule has 0 aliphatic carbocycles. The Hall–Kier alpha value is -1.89. The molecule has 0 spiro atoms. The van der Waals surface area contributed by atoms with Crippen molar-refractivity contribution in [2.75, 3.05) is 12.8 Å². The molecule has 2 rings (SSSR count). The maximum atomic E-state index is 14.5. The first-order valence-corrected chi connectivity index (χ1v) is 10.8. The Bertz CT molecular complexity index is 736. The van der Waals surface area contributed by atoms with Gasteiger partial charge < -0.3 is 10.2 Å². The summed E-state index contributed by atoms with van der Waals surface area (Å²) in [6.07, 6.45) is 2.74. The summed E-state index contributed by atoms with van der Waals surface area (Å²) >= 11 is 0. The number of nitrogens with one attached hydrogen (secondary N) is 1. The molecular weight excluding hydrogens is 355 g/mol. The molecule has 1 heterocycles. The van der Waals surface area contributed by atoms with Crippen LogP contribution in [0.15, 0.2) is 41.8 Å². The van der Waals surface area contributed by atoms with E-state index in [1.165, 1.54) is 11.0 Å². The van der Waals surface area contributed by atoms with Crippen LogP contribution in [0, 0.1) is 5.92 Å². The molecule has 5 nitrogen and oxygen atoms in total. The van der Waals surface area contributed by atoms with Crippen molar-refractivity contribution in [3.8, 4) is 0 Å². The van der Waals surface area contributed by atoms with Gasteiger partial charge in [-0.1, -0.05) is 49.8 Å². The summed E-state index contributed by atoms with van der Waals surface area (Å²) < 4.78 is 36.9. The van der Waals surface area contributed by atoms with Gasteiger partial charge in [0.25, 0.3) is 0 Å². The topological polar surface area (TPSA) is 66.5 Å². The zero-order chi connectivity index (χ0) is 19.3. The number of rotatable bonds is 5. The summed E-state index contributed by atoms with van der Waals surface area (Å²) in [5.41, 5.74) is 0.979. The van der Waals surface area contributed by atoms with Crippen molar-refractivity contribution in [1.82, 2.24) is 10.2 Å². The lowest BCUT2D eigenvalue weighted by molar-refractivity contribution is 0.0581. The Kier molecular flexibility index (Phi) is 6.81. The van der Waals surface area contributed by atoms with Crippen LogP contribution in [0.2, 0.25) is 0 Å². The first kappa shape index (κ1) is 20.4. The smallest absolute Gasteiger partial charge is 0.318 e. The Morgan fingerprint density at radius 3 is 2.62 bits per heavy atom. The van der Waals surface area contributed by atoms with E-state index in [0.29, 0.717) is 6.42 Å². The molecule has 26 heavy (non-hydrogen) atoms. The van der Waals surface area contributed by atoms with Gasteiger partial charge in [0.1, 0.15) is 6.17 Å². The van der Waals surface area contributed by atoms with E-state index in [9.17, 15) is 17.6 Å². The number of halogens is 1. The maximum absolute atomic E-state index is 14.5. The van der Waals surface area contributed by atoms with Gasteiger partial charge in [-0.2, -0.15) is 0 Å². The van der Waals surface area contributed by atoms with Crippen molar-refractivity contribution < 1.29 is 17.6 Å². The van der Waals surface area contributed by atoms with Gasteiger partial charge in [-0.15, -0.1) is 0 Å². The van der Waals surface area contributed by atoms with Crippen molar-refractivity contribution in [3.05, 3.63) is 47.4 Å². The second kappa shape index (κ2) is 8.66. The van der Waals surface area contributed by atoms with Gasteiger partial charge in [0, 0.05) is 17.7 Å². The number of benzene rings is 1. The average Bonchev–Trinajstić information content (AvgIpc) is 2.60. The van der Waals surface area contributed by atoms with E-state index >= 15 is 0 Å². The molecule has 1 fully saturated rings. The van der Waals surface area contributed by atoms with E-state index in [0.717, 1.165) is 23.6 Å². The predicted octanol–water partition coefficient (Wildman–Crippen LogP) is 3.45. The minimum atomic E-state index is -3.26. The monoisotopic (exact) mass is 382 g/mol. The van der Waals surface area contributed by atoms with E-state index in [1.54, 1.807) is 6.92 Å². The molecule has 4 atom stereocenters. The van der Waals surface area contributed by atoms with Crippen molar-refractivity contribution >= 4 is 15.9 Å². The molecule has 7 heteroatoms. The number of sulfone groups is 1. The van der Waals surface area contributed by atoms with Crippen LogP contribution >= 0.6 is 0 Å². The number of piperidine rings is 1. The quantitative estimate of drug-likeness (QED) is 0.848. The zero-order valence-electron chi connectivity index (χ0n) is 15.4. The van der Waals surface area contributed by atoms with Crippen LogP contribution in [0.5, 0.6) is 0 Å². The molecule has 0 unspecified atom stereocenters. The largest absolute Gasteiger partial charge is 0.332 e. The number of alkyl halides is 1. The lowest BCUT2D eigenvalue weighted by Crippen LogP contribution is -2.51. The fourth-order valence-corrected chi connectivity index (χ4v) is 3.77. The zero-order valence-corrected chi connectivity index (χ0v) is 16.2. The molecule has 1 aromatic carbocycles. The van der Waals surface area contributed by atoms with Gasteiger partial charge >= 0.3 is 6.03 Å². The van der Waals surface area contributed by atoms with E-state index in [2.05, 4.69) is 5.32 Å². The first-order chi connectivity index (χ1) is 12.2. The van der Waals surface area contributed by atoms with E-state index < -0.39 is 22.1 Å². The minimum absolute atomic E-state index is 0.0341. The molecule has 1 saturated heterocycles. The summed E-state index contributed by atoms with van der Waals surface area (Å²) in [5.74, 6) is -0.0770. The van der Waals surface area contributed by atoms with Crippen LogP contribution < -0.4 is 5.32 Å². The van der Waals surface area contributed by atoms with Gasteiger partial charge in [-0.25, -0.2) is 17.6 Å². The molecule has 1 aliphatic rings. The summed E-state index contributed by atoms with van der Waals surface area (Å²) in [5, 5.41) is 3.81. The number of likely N-dealkylation sites (tertiary alicyclic amines) is 1. The SMILES string of the molecule is CC[C@@H]1C[C@H](c2ccccc2)N(C(=O)N[C@@H](C)/C=C/S(C)(=O)=O)C[C@@H]1F. The summed E-state index contributed by atoms with van der Waals surface area (Å²) in [7, 11) is -3.26. The summed E-state index contributed by atoms with van der Waals surface area (Å²) in [6.45, 7) is 3.68. The molecule has 2 amide bonds. The molecular formula is C19H27FN2O3S. The third-order valence-electron chi connectivity index (χ3n) is 4.72. The highest BCUT2D eigenvalue weighted by atomic mass is 32.2. The number of amides is 2. The highest BCUT2D eigenvalue weighted by Gasteiger charge is 2.38. The average molecular weight is 383 g/mol. The molecule has 0 saturated carbocycles. The van der Waals surface area contributed by atoms with Gasteiger partial charge in [-0.05, 0) is 24.8 Å². The maximum Gasteiger partial charge on any atom is 0.318 e. The normalized spacial score (nSPS) is 25.2. The van der Waals surface area contributed by atoms with Crippen molar-refractivity contribution in [2.45, 2.75) is 44.9 Å². The molecule has 1 aromatic rings. The Labute approximate surface area is 155 Å². The Morgan fingerprint density at radius 2 is 2.04 bits per heavy atom. The minimum Gasteiger partial charge on any atom is -0.332 e. The number of hydrogen-bond donors (Lipinski definition) is 1. The van der Waals surface area contributed by atoms with Crippen LogP contribution in [0.3, 0.4) is 0 Å². The van der Waals surface area contributed by atoms with E-state index in [1.807, 2.05) is 37.3 Å². The molecule has 0 aromatic heterocycles. The molecule has 0 radical (unpaired) electrons. The summed E-state index contributed by atoms with van der Waals surface area (Å²) in [6, 6.07) is 8.56. The van der Waals surface area contributed by atoms with Crippen LogP contribution in [-0.2, 0) is 9.84 Å². The Morgan fingerprint density at radius 1 is 1.38 bits per heavy atom. The van der Waals surface area contributed by atoms with Crippen molar-refractivity contribution in [1.29, 1.82) is 0 Å². The fraction of sp³-hybridized carbons (Fsp3) is 0.526. The van der Waals surface area contributed by atoms with Crippen LogP contribution in [-0.4, -0.2) is 44.4 Å². The number of carbonyl (C=O) groups excluding carboxylic acids is 1. The van der Waals surface area contributed by atoms with Crippen LogP contribution in [0.1, 0.15) is 38.3 Å². The second-order valence-corrected chi connectivity index (χ2v) is 8.83. The van der Waals surface area contributed by atoms with E-state index in [4.69, 9.17) is 0 Å². The third kappa shape index (κ3) is 5.56. The molecule has 0 bridgehead atoms. The number of carbonyl (C=O) groups is 1. The predicted molar refractivity (Wildman–Crippen MR) is 101 cm³/mol. The van der Waals surface area contributed by atoms with Crippen molar-refractivity contribution in [2.24, 2.45) is 5.92 Å². The number of hydrogen-bond acceptors (Lipinski definition) is 3. The fourth-order valence-electron chi connectivity index (χ4n) is 3.25. The summed E-state index contributed by atoms with van der Waals surface area (Å²) in [4.78, 5) is 14.2. The van der Waals surface area contributed by atoms with Crippen LogP contribution in [0.25, 0.3) is 0 Å². The number of urea groups is 1. The second-order valence-electron chi connectivity index (χ2n) is 6.90. The standard InChI is InChI=1S/C19H27FN2O3S/c1-4-15-12-18(16-8-6-5-7-9-16)22(13-17(15)20)19(23)21-14(2)10-11-26(3,24)25/h5-11,14-15,17-18H,4,12-13H2,1-3H3,(H,21,23)/b11-10+/t14-,15+,17-,18+/m0/s1. The number of nitrogens with zero attached hydrogens (tertiary/aromatic N) is 1. The molecule has 1 N–H and O–H groups in total. The van der Waals surface area contributed by atoms with E-state index in [-0.39, 0.29) is 24.5 Å². The van der Waals surface area contributed by atoms with Gasteiger partial charge in [0.05, 0.1) is 12.6 Å². The van der Waals surface area contributed by atoms with Gasteiger partial charge in [0.2, 0.25) is 0 Å². The lowest BCUT2D eigenvalue weighted by Gasteiger charge is -2.41. The molecule has 144 valence electrons. The molecule has 1 aliphatic heterocycles. The van der Waals surface area contributed by atoms with Crippen LogP contribution in [0.4, 0.5) is 9.18 Å². The van der Waals surface area contributed by atoms with Crippen molar-refractivity contribution in [3.63, 3.8) is 0 Å². The highest BCUT2D eigenvalue weighted by Crippen LogP contribution is 2.37.